The first-order chi connectivity index (χ1) is 11.6. The summed E-state index contributed by atoms with van der Waals surface area (Å²) < 4.78 is 5.19. The summed E-state index contributed by atoms with van der Waals surface area (Å²) in [6.45, 7) is 4.16. The van der Waals surface area contributed by atoms with Crippen molar-refractivity contribution in [1.29, 1.82) is 0 Å². The molecular weight excluding hydrogens is 304 g/mol. The highest BCUT2D eigenvalue weighted by molar-refractivity contribution is 6.04. The Kier molecular flexibility index (Phi) is 4.88. The van der Waals surface area contributed by atoms with Crippen LogP contribution in [0.1, 0.15) is 43.5 Å². The van der Waals surface area contributed by atoms with Gasteiger partial charge in [-0.1, -0.05) is 44.9 Å². The van der Waals surface area contributed by atoms with Crippen LogP contribution in [0.5, 0.6) is 0 Å². The molecule has 0 spiro atoms. The Bertz CT molecular complexity index is 737. The third-order valence-corrected chi connectivity index (χ3v) is 5.20. The maximum absolute atomic E-state index is 12.2. The molecule has 3 atom stereocenters. The maximum atomic E-state index is 12.2. The van der Waals surface area contributed by atoms with Crippen LogP contribution in [0, 0.1) is 11.8 Å². The fourth-order valence-electron chi connectivity index (χ4n) is 3.48. The van der Waals surface area contributed by atoms with Gasteiger partial charge in [0.05, 0.1) is 5.56 Å². The number of para-hydroxylation sites is 1. The molecule has 2 aromatic rings. The van der Waals surface area contributed by atoms with Gasteiger partial charge in [-0.05, 0) is 24.3 Å². The molecule has 0 saturated heterocycles. The molecule has 1 aliphatic carbocycles. The summed E-state index contributed by atoms with van der Waals surface area (Å²) >= 11 is 0. The highest BCUT2D eigenvalue weighted by Gasteiger charge is 2.28. The monoisotopic (exact) mass is 328 g/mol. The van der Waals surface area contributed by atoms with Crippen LogP contribution < -0.4 is 5.32 Å². The number of fused-ring (bicyclic) bond motifs is 1. The summed E-state index contributed by atoms with van der Waals surface area (Å²) in [5.74, 6) is 0.353. The van der Waals surface area contributed by atoms with E-state index in [-0.39, 0.29) is 18.6 Å². The fraction of sp³-hybridized carbons (Fsp3) is 0.474. The van der Waals surface area contributed by atoms with E-state index < -0.39 is 5.97 Å². The quantitative estimate of drug-likeness (QED) is 0.846. The largest absolute Gasteiger partial charge is 0.452 e. The first-order valence-electron chi connectivity index (χ1n) is 8.59. The molecule has 1 amide bonds. The number of aromatic nitrogens is 1. The molecule has 3 rings (SSSR count). The van der Waals surface area contributed by atoms with E-state index in [0.717, 1.165) is 23.7 Å². The molecule has 1 saturated carbocycles. The molecule has 128 valence electrons. The van der Waals surface area contributed by atoms with Crippen LogP contribution in [0.3, 0.4) is 0 Å². The van der Waals surface area contributed by atoms with Gasteiger partial charge >= 0.3 is 5.97 Å². The standard InChI is InChI=1S/C19H24N2O3/c1-12-6-5-9-16(13(12)2)21-18(22)11-24-19(23)15-10-20-17-8-4-3-7-14(15)17/h3-4,7-8,10,12-13,16,20H,5-6,9,11H2,1-2H3,(H,21,22)/t12-,13-,16-/m1/s1. The maximum Gasteiger partial charge on any atom is 0.340 e. The van der Waals surface area contributed by atoms with Crippen molar-refractivity contribution < 1.29 is 14.3 Å². The Morgan fingerprint density at radius 2 is 2.04 bits per heavy atom. The number of ether oxygens (including phenoxy) is 1. The second kappa shape index (κ2) is 7.07. The van der Waals surface area contributed by atoms with Gasteiger partial charge in [0.25, 0.3) is 5.91 Å². The Morgan fingerprint density at radius 1 is 1.25 bits per heavy atom. The summed E-state index contributed by atoms with van der Waals surface area (Å²) in [4.78, 5) is 27.3. The number of nitrogens with one attached hydrogen (secondary N) is 2. The van der Waals surface area contributed by atoms with E-state index in [1.807, 2.05) is 24.3 Å². The van der Waals surface area contributed by atoms with Crippen molar-refractivity contribution in [1.82, 2.24) is 10.3 Å². The molecule has 0 bridgehead atoms. The SMILES string of the molecule is C[C@@H]1[C@H](C)CCC[C@H]1NC(=O)COC(=O)c1c[nH]c2ccccc12. The summed E-state index contributed by atoms with van der Waals surface area (Å²) in [5, 5.41) is 3.82. The first-order valence-corrected chi connectivity index (χ1v) is 8.59. The van der Waals surface area contributed by atoms with Crippen molar-refractivity contribution in [3.63, 3.8) is 0 Å². The van der Waals surface area contributed by atoms with E-state index in [1.54, 1.807) is 6.20 Å². The lowest BCUT2D eigenvalue weighted by atomic mass is 9.78. The lowest BCUT2D eigenvalue weighted by Gasteiger charge is -2.34. The van der Waals surface area contributed by atoms with Crippen LogP contribution >= 0.6 is 0 Å². The zero-order chi connectivity index (χ0) is 17.1. The van der Waals surface area contributed by atoms with Gasteiger partial charge < -0.3 is 15.0 Å². The minimum absolute atomic E-state index is 0.174. The zero-order valence-corrected chi connectivity index (χ0v) is 14.2. The van der Waals surface area contributed by atoms with Crippen LogP contribution in [0.2, 0.25) is 0 Å². The number of amides is 1. The lowest BCUT2D eigenvalue weighted by Crippen LogP contribution is -2.45. The molecule has 24 heavy (non-hydrogen) atoms. The van der Waals surface area contributed by atoms with Crippen LogP contribution in [-0.2, 0) is 9.53 Å². The van der Waals surface area contributed by atoms with Gasteiger partial charge in [0.2, 0.25) is 0 Å². The molecule has 0 unspecified atom stereocenters. The van der Waals surface area contributed by atoms with Crippen LogP contribution in [-0.4, -0.2) is 29.5 Å². The van der Waals surface area contributed by atoms with Gasteiger partial charge in [-0.25, -0.2) is 4.79 Å². The molecule has 0 aliphatic heterocycles. The minimum atomic E-state index is -0.479. The average Bonchev–Trinajstić information content (AvgIpc) is 3.01. The van der Waals surface area contributed by atoms with Gasteiger partial charge in [-0.15, -0.1) is 0 Å². The average molecular weight is 328 g/mol. The molecular formula is C19H24N2O3. The molecule has 0 radical (unpaired) electrons. The van der Waals surface area contributed by atoms with E-state index in [1.165, 1.54) is 6.42 Å². The van der Waals surface area contributed by atoms with Gasteiger partial charge in [-0.3, -0.25) is 4.79 Å². The van der Waals surface area contributed by atoms with Crippen LogP contribution in [0.25, 0.3) is 10.9 Å². The normalized spacial score (nSPS) is 23.8. The van der Waals surface area contributed by atoms with E-state index in [4.69, 9.17) is 4.74 Å². The predicted molar refractivity (Wildman–Crippen MR) is 92.7 cm³/mol. The number of aromatic amines is 1. The first kappa shape index (κ1) is 16.6. The van der Waals surface area contributed by atoms with Crippen molar-refractivity contribution in [3.05, 3.63) is 36.0 Å². The summed E-state index contributed by atoms with van der Waals surface area (Å²) in [6.07, 6.45) is 4.96. The molecule has 5 heteroatoms. The zero-order valence-electron chi connectivity index (χ0n) is 14.2. The van der Waals surface area contributed by atoms with Gasteiger partial charge in [0, 0.05) is 23.1 Å². The lowest BCUT2D eigenvalue weighted by molar-refractivity contribution is -0.125. The van der Waals surface area contributed by atoms with Crippen molar-refractivity contribution in [2.24, 2.45) is 11.8 Å². The number of H-pyrrole nitrogens is 1. The third-order valence-electron chi connectivity index (χ3n) is 5.20. The Hall–Kier alpha value is -2.30. The number of hydrogen-bond acceptors (Lipinski definition) is 3. The highest BCUT2D eigenvalue weighted by Crippen LogP contribution is 2.29. The van der Waals surface area contributed by atoms with E-state index in [0.29, 0.717) is 17.4 Å². The summed E-state index contributed by atoms with van der Waals surface area (Å²) in [7, 11) is 0. The van der Waals surface area contributed by atoms with E-state index >= 15 is 0 Å². The number of benzene rings is 1. The Morgan fingerprint density at radius 3 is 2.88 bits per heavy atom. The van der Waals surface area contributed by atoms with Gasteiger partial charge in [0.1, 0.15) is 0 Å². The number of carbonyl (C=O) groups is 2. The number of hydrogen-bond donors (Lipinski definition) is 2. The second-order valence-corrected chi connectivity index (χ2v) is 6.77. The van der Waals surface area contributed by atoms with E-state index in [2.05, 4.69) is 24.1 Å². The summed E-state index contributed by atoms with van der Waals surface area (Å²) in [6, 6.07) is 7.69. The van der Waals surface area contributed by atoms with Gasteiger partial charge in [0.15, 0.2) is 6.61 Å². The molecule has 1 aromatic carbocycles. The number of rotatable bonds is 4. The molecule has 2 N–H and O–H groups in total. The van der Waals surface area contributed by atoms with Gasteiger partial charge in [-0.2, -0.15) is 0 Å². The highest BCUT2D eigenvalue weighted by atomic mass is 16.5. The molecule has 5 nitrogen and oxygen atoms in total. The smallest absolute Gasteiger partial charge is 0.340 e. The van der Waals surface area contributed by atoms with Crippen LogP contribution in [0.15, 0.2) is 30.5 Å². The van der Waals surface area contributed by atoms with Crippen molar-refractivity contribution >= 4 is 22.8 Å². The topological polar surface area (TPSA) is 71.2 Å². The fourth-order valence-corrected chi connectivity index (χ4v) is 3.48. The van der Waals surface area contributed by atoms with Crippen molar-refractivity contribution in [2.45, 2.75) is 39.2 Å². The second-order valence-electron chi connectivity index (χ2n) is 6.77. The Balaban J connectivity index is 1.55. The minimum Gasteiger partial charge on any atom is -0.452 e. The Labute approximate surface area is 141 Å². The van der Waals surface area contributed by atoms with E-state index in [9.17, 15) is 9.59 Å². The summed E-state index contributed by atoms with van der Waals surface area (Å²) in [5.41, 5.74) is 1.33. The molecule has 1 fully saturated rings. The van der Waals surface area contributed by atoms with Crippen LogP contribution in [0.4, 0.5) is 0 Å². The number of carbonyl (C=O) groups excluding carboxylic acids is 2. The molecule has 1 aromatic heterocycles. The van der Waals surface area contributed by atoms with Crippen molar-refractivity contribution in [2.75, 3.05) is 6.61 Å². The number of esters is 1. The predicted octanol–water partition coefficient (Wildman–Crippen LogP) is 3.27. The molecule has 1 aliphatic rings. The van der Waals surface area contributed by atoms with Crippen molar-refractivity contribution in [3.8, 4) is 0 Å². The third kappa shape index (κ3) is 3.45. The molecule has 1 heterocycles.